The third-order valence-corrected chi connectivity index (χ3v) is 9.43. The maximum atomic E-state index is 14.3. The van der Waals surface area contributed by atoms with Crippen LogP contribution >= 0.6 is 27.5 Å². The van der Waals surface area contributed by atoms with Gasteiger partial charge in [0.1, 0.15) is 18.3 Å². The molecule has 4 aromatic carbocycles. The molecule has 0 aliphatic carbocycles. The van der Waals surface area contributed by atoms with Gasteiger partial charge >= 0.3 is 0 Å². The van der Waals surface area contributed by atoms with Crippen LogP contribution in [0.2, 0.25) is 5.02 Å². The summed E-state index contributed by atoms with van der Waals surface area (Å²) in [6, 6.07) is 28.1. The Balaban J connectivity index is 1.78. The minimum absolute atomic E-state index is 0.0101. The Labute approximate surface area is 271 Å². The molecular formula is C33H33BrClN3O5S. The highest BCUT2D eigenvalue weighted by Gasteiger charge is 2.34. The fourth-order valence-corrected chi connectivity index (χ4v) is 6.58. The summed E-state index contributed by atoms with van der Waals surface area (Å²) in [6.07, 6.45) is 0.218. The predicted octanol–water partition coefficient (Wildman–Crippen LogP) is 6.08. The molecule has 0 aromatic heterocycles. The Hall–Kier alpha value is -3.86. The lowest BCUT2D eigenvalue weighted by Crippen LogP contribution is -2.53. The third-order valence-electron chi connectivity index (χ3n) is 6.88. The molecular weight excluding hydrogens is 666 g/mol. The lowest BCUT2D eigenvalue weighted by molar-refractivity contribution is -0.139. The van der Waals surface area contributed by atoms with Crippen LogP contribution < -0.4 is 14.4 Å². The molecule has 11 heteroatoms. The van der Waals surface area contributed by atoms with Gasteiger partial charge in [0.05, 0.1) is 17.2 Å². The van der Waals surface area contributed by atoms with E-state index in [-0.39, 0.29) is 29.5 Å². The summed E-state index contributed by atoms with van der Waals surface area (Å²) in [5, 5.41) is 3.15. The lowest BCUT2D eigenvalue weighted by Gasteiger charge is -2.33. The Bertz CT molecular complexity index is 1670. The molecule has 0 aliphatic heterocycles. The number of carbonyl (C=O) groups excluding carboxylic acids is 2. The summed E-state index contributed by atoms with van der Waals surface area (Å²) in [5.41, 5.74) is 1.80. The fourth-order valence-electron chi connectivity index (χ4n) is 4.69. The first-order valence-electron chi connectivity index (χ1n) is 13.9. The zero-order valence-electron chi connectivity index (χ0n) is 24.3. The summed E-state index contributed by atoms with van der Waals surface area (Å²) in [7, 11) is -2.71. The number of rotatable bonds is 13. The number of nitrogens with zero attached hydrogens (tertiary/aromatic N) is 2. The smallest absolute Gasteiger partial charge is 0.264 e. The van der Waals surface area contributed by atoms with Crippen molar-refractivity contribution in [3.63, 3.8) is 0 Å². The molecule has 1 atom stereocenters. The molecule has 0 saturated carbocycles. The number of sulfonamides is 1. The number of carbonyl (C=O) groups is 2. The lowest BCUT2D eigenvalue weighted by atomic mass is 10.0. The number of halogens is 2. The highest BCUT2D eigenvalue weighted by atomic mass is 79.9. The van der Waals surface area contributed by atoms with Crippen LogP contribution in [-0.2, 0) is 32.6 Å². The SMILES string of the molecule is CCOc1ccc(N(CC(=O)N(Cc2cccc(Cl)c2)C(Cc2ccccc2)C(=O)NC)S(=O)(=O)c2ccc(Br)cc2)cc1. The Kier molecular flexibility index (Phi) is 11.4. The maximum Gasteiger partial charge on any atom is 0.264 e. The summed E-state index contributed by atoms with van der Waals surface area (Å²) in [4.78, 5) is 29.1. The van der Waals surface area contributed by atoms with E-state index in [9.17, 15) is 18.0 Å². The van der Waals surface area contributed by atoms with E-state index < -0.39 is 28.5 Å². The molecule has 230 valence electrons. The van der Waals surface area contributed by atoms with Crippen LogP contribution in [0.25, 0.3) is 0 Å². The zero-order chi connectivity index (χ0) is 31.7. The molecule has 0 bridgehead atoms. The van der Waals surface area contributed by atoms with Crippen molar-refractivity contribution >= 4 is 55.1 Å². The van der Waals surface area contributed by atoms with Crippen molar-refractivity contribution in [2.45, 2.75) is 30.8 Å². The summed E-state index contributed by atoms with van der Waals surface area (Å²) >= 11 is 9.61. The number of amides is 2. The minimum Gasteiger partial charge on any atom is -0.494 e. The number of hydrogen-bond donors (Lipinski definition) is 1. The van der Waals surface area contributed by atoms with Gasteiger partial charge in [-0.05, 0) is 78.7 Å². The molecule has 1 unspecified atom stereocenters. The molecule has 1 N–H and O–H groups in total. The van der Waals surface area contributed by atoms with E-state index in [1.165, 1.54) is 24.1 Å². The number of benzene rings is 4. The van der Waals surface area contributed by atoms with Gasteiger partial charge in [-0.1, -0.05) is 70.0 Å². The monoisotopic (exact) mass is 697 g/mol. The van der Waals surface area contributed by atoms with Crippen molar-refractivity contribution in [3.8, 4) is 5.75 Å². The standard InChI is InChI=1S/C33H33BrClN3O5S/c1-3-43-29-16-14-28(15-17-29)38(44(41,42)30-18-12-26(34)13-19-30)23-32(39)37(22-25-10-7-11-27(35)20-25)31(33(40)36-2)21-24-8-5-4-6-9-24/h4-20,31H,3,21-23H2,1-2H3,(H,36,40). The van der Waals surface area contributed by atoms with E-state index in [4.69, 9.17) is 16.3 Å². The van der Waals surface area contributed by atoms with Crippen LogP contribution in [0, 0.1) is 0 Å². The van der Waals surface area contributed by atoms with Gasteiger partial charge in [-0.15, -0.1) is 0 Å². The van der Waals surface area contributed by atoms with Crippen molar-refractivity contribution < 1.29 is 22.7 Å². The highest BCUT2D eigenvalue weighted by molar-refractivity contribution is 9.10. The number of anilines is 1. The number of likely N-dealkylation sites (N-methyl/N-ethyl adjacent to an activating group) is 1. The number of hydrogen-bond acceptors (Lipinski definition) is 5. The number of nitrogens with one attached hydrogen (secondary N) is 1. The summed E-state index contributed by atoms with van der Waals surface area (Å²) in [5.74, 6) is -0.384. The third kappa shape index (κ3) is 8.40. The molecule has 2 amide bonds. The van der Waals surface area contributed by atoms with Crippen LogP contribution in [0.3, 0.4) is 0 Å². The van der Waals surface area contributed by atoms with Crippen LogP contribution in [0.15, 0.2) is 112 Å². The van der Waals surface area contributed by atoms with Gasteiger partial charge in [-0.3, -0.25) is 13.9 Å². The highest BCUT2D eigenvalue weighted by Crippen LogP contribution is 2.28. The molecule has 0 radical (unpaired) electrons. The van der Waals surface area contributed by atoms with E-state index in [1.807, 2.05) is 37.3 Å². The molecule has 0 spiro atoms. The Morgan fingerprint density at radius 1 is 0.909 bits per heavy atom. The Morgan fingerprint density at radius 2 is 1.57 bits per heavy atom. The molecule has 0 aliphatic rings. The summed E-state index contributed by atoms with van der Waals surface area (Å²) < 4.78 is 35.5. The molecule has 0 fully saturated rings. The van der Waals surface area contributed by atoms with E-state index in [1.54, 1.807) is 60.7 Å². The van der Waals surface area contributed by atoms with Gasteiger partial charge < -0.3 is 15.0 Å². The fraction of sp³-hybridized carbons (Fsp3) is 0.212. The predicted molar refractivity (Wildman–Crippen MR) is 176 cm³/mol. The molecule has 44 heavy (non-hydrogen) atoms. The average molecular weight is 699 g/mol. The molecule has 4 rings (SSSR count). The van der Waals surface area contributed by atoms with Crippen molar-refractivity contribution in [2.75, 3.05) is 24.5 Å². The van der Waals surface area contributed by atoms with Crippen molar-refractivity contribution in [1.82, 2.24) is 10.2 Å². The largest absolute Gasteiger partial charge is 0.494 e. The van der Waals surface area contributed by atoms with Crippen LogP contribution in [0.5, 0.6) is 5.75 Å². The van der Waals surface area contributed by atoms with Crippen molar-refractivity contribution in [2.24, 2.45) is 0 Å². The summed E-state index contributed by atoms with van der Waals surface area (Å²) in [6.45, 7) is 1.76. The first-order valence-corrected chi connectivity index (χ1v) is 16.5. The van der Waals surface area contributed by atoms with Gasteiger partial charge in [0.15, 0.2) is 0 Å². The molecule has 0 heterocycles. The second-order valence-electron chi connectivity index (χ2n) is 9.86. The van der Waals surface area contributed by atoms with Gasteiger partial charge in [0.25, 0.3) is 10.0 Å². The molecule has 8 nitrogen and oxygen atoms in total. The van der Waals surface area contributed by atoms with Crippen LogP contribution in [-0.4, -0.2) is 51.4 Å². The first kappa shape index (κ1) is 33.0. The van der Waals surface area contributed by atoms with Crippen LogP contribution in [0.1, 0.15) is 18.1 Å². The van der Waals surface area contributed by atoms with Gasteiger partial charge in [-0.25, -0.2) is 8.42 Å². The van der Waals surface area contributed by atoms with E-state index >= 15 is 0 Å². The molecule has 0 saturated heterocycles. The van der Waals surface area contributed by atoms with E-state index in [2.05, 4.69) is 21.2 Å². The van der Waals surface area contributed by atoms with E-state index in [0.717, 1.165) is 9.87 Å². The second kappa shape index (κ2) is 15.2. The van der Waals surface area contributed by atoms with Gasteiger partial charge in [0, 0.05) is 29.5 Å². The minimum atomic E-state index is -4.21. The molecule has 4 aromatic rings. The van der Waals surface area contributed by atoms with Crippen molar-refractivity contribution in [3.05, 3.63) is 124 Å². The average Bonchev–Trinajstić information content (AvgIpc) is 3.02. The Morgan fingerprint density at radius 3 is 2.18 bits per heavy atom. The second-order valence-corrected chi connectivity index (χ2v) is 13.1. The van der Waals surface area contributed by atoms with Crippen LogP contribution in [0.4, 0.5) is 5.69 Å². The van der Waals surface area contributed by atoms with E-state index in [0.29, 0.717) is 27.4 Å². The van der Waals surface area contributed by atoms with Gasteiger partial charge in [-0.2, -0.15) is 0 Å². The maximum absolute atomic E-state index is 14.3. The number of ether oxygens (including phenoxy) is 1. The van der Waals surface area contributed by atoms with Crippen molar-refractivity contribution in [1.29, 1.82) is 0 Å². The van der Waals surface area contributed by atoms with Gasteiger partial charge in [0.2, 0.25) is 11.8 Å². The topological polar surface area (TPSA) is 96.0 Å². The quantitative estimate of drug-likeness (QED) is 0.183. The normalized spacial score (nSPS) is 11.8. The first-order chi connectivity index (χ1) is 21.1. The zero-order valence-corrected chi connectivity index (χ0v) is 27.5.